The second-order valence-corrected chi connectivity index (χ2v) is 5.64. The Balaban J connectivity index is 1.98. The van der Waals surface area contributed by atoms with Crippen LogP contribution >= 0.6 is 0 Å². The van der Waals surface area contributed by atoms with Crippen LogP contribution in [0.3, 0.4) is 0 Å². The molecule has 0 fully saturated rings. The summed E-state index contributed by atoms with van der Waals surface area (Å²) in [6.45, 7) is -0.824. The minimum Gasteiger partial charge on any atom is -0.456 e. The van der Waals surface area contributed by atoms with Crippen molar-refractivity contribution in [2.75, 3.05) is 5.32 Å². The number of halogens is 1. The average Bonchev–Trinajstić information content (AvgIpc) is 2.62. The lowest BCUT2D eigenvalue weighted by Gasteiger charge is -2.14. The van der Waals surface area contributed by atoms with Gasteiger partial charge >= 0.3 is 0 Å². The van der Waals surface area contributed by atoms with Crippen molar-refractivity contribution in [2.45, 2.75) is 13.8 Å². The normalized spacial score (nSPS) is 12.6. The number of carbonyl (C=O) groups is 1. The molecule has 0 radical (unpaired) electrons. The van der Waals surface area contributed by atoms with E-state index in [4.69, 9.17) is 8.85 Å². The Hall–Kier alpha value is -3.41. The maximum atomic E-state index is 13.6. The lowest BCUT2D eigenvalue weighted by atomic mass is 10.1. The third kappa shape index (κ3) is 3.97. The molecule has 1 amide bonds. The predicted octanol–water partition coefficient (Wildman–Crippen LogP) is 4.18. The van der Waals surface area contributed by atoms with Crippen molar-refractivity contribution < 1.29 is 18.0 Å². The van der Waals surface area contributed by atoms with Gasteiger partial charge in [0.1, 0.15) is 17.3 Å². The number of H-pyrrole nitrogens is 1. The van der Waals surface area contributed by atoms with Crippen LogP contribution in [0.2, 0.25) is 0 Å². The number of benzene rings is 2. The quantitative estimate of drug-likeness (QED) is 0.738. The van der Waals surface area contributed by atoms with E-state index in [0.29, 0.717) is 0 Å². The molecule has 2 aromatic carbocycles. The lowest BCUT2D eigenvalue weighted by molar-refractivity contribution is 0.102. The molecule has 3 rings (SSSR count). The second kappa shape index (κ2) is 7.23. The molecule has 0 aliphatic carbocycles. The maximum absolute atomic E-state index is 13.6. The van der Waals surface area contributed by atoms with Gasteiger partial charge in [-0.15, -0.1) is 0 Å². The largest absolute Gasteiger partial charge is 0.456 e. The molecule has 6 heteroatoms. The van der Waals surface area contributed by atoms with Crippen molar-refractivity contribution in [2.24, 2.45) is 0 Å². The fourth-order valence-corrected chi connectivity index (χ4v) is 2.33. The van der Waals surface area contributed by atoms with E-state index in [2.05, 4.69) is 10.3 Å². The summed E-state index contributed by atoms with van der Waals surface area (Å²) in [5.41, 5.74) is 0.494. The lowest BCUT2D eigenvalue weighted by Crippen LogP contribution is -2.15. The molecule has 0 spiro atoms. The third-order valence-corrected chi connectivity index (χ3v) is 3.58. The first-order valence-corrected chi connectivity index (χ1v) is 7.72. The molecular formula is C20H17FN2O3. The Morgan fingerprint density at radius 2 is 2.00 bits per heavy atom. The molecule has 0 atom stereocenters. The van der Waals surface area contributed by atoms with Crippen molar-refractivity contribution in [3.63, 3.8) is 0 Å². The molecule has 2 N–H and O–H groups in total. The number of hydrogen-bond donors (Lipinski definition) is 2. The summed E-state index contributed by atoms with van der Waals surface area (Å²) >= 11 is 0. The maximum Gasteiger partial charge on any atom is 0.259 e. The van der Waals surface area contributed by atoms with Crippen LogP contribution in [-0.2, 0) is 0 Å². The molecular weight excluding hydrogens is 335 g/mol. The second-order valence-electron chi connectivity index (χ2n) is 5.64. The first-order chi connectivity index (χ1) is 13.6. The average molecular weight is 355 g/mol. The van der Waals surface area contributed by atoms with Crippen LogP contribution in [-0.4, -0.2) is 10.9 Å². The molecule has 0 saturated carbocycles. The molecule has 1 heterocycles. The first kappa shape index (κ1) is 13.8. The molecule has 26 heavy (non-hydrogen) atoms. The molecule has 0 aliphatic heterocycles. The number of pyridine rings is 1. The van der Waals surface area contributed by atoms with Gasteiger partial charge in [-0.05, 0) is 61.3 Å². The highest BCUT2D eigenvalue weighted by Crippen LogP contribution is 2.29. The van der Waals surface area contributed by atoms with Crippen molar-refractivity contribution in [3.05, 3.63) is 87.6 Å². The van der Waals surface area contributed by atoms with Gasteiger partial charge in [-0.2, -0.15) is 0 Å². The van der Waals surface area contributed by atoms with Crippen molar-refractivity contribution in [1.82, 2.24) is 4.98 Å². The molecule has 0 unspecified atom stereocenters. The Labute approximate surface area is 153 Å². The summed E-state index contributed by atoms with van der Waals surface area (Å²) in [5, 5.41) is 2.59. The van der Waals surface area contributed by atoms with Crippen molar-refractivity contribution in [1.29, 1.82) is 0 Å². The monoisotopic (exact) mass is 355 g/mol. The van der Waals surface area contributed by atoms with Crippen LogP contribution in [0.25, 0.3) is 0 Å². The molecule has 132 valence electrons. The number of aromatic amines is 1. The number of amides is 1. The third-order valence-electron chi connectivity index (χ3n) is 3.58. The Morgan fingerprint density at radius 1 is 1.15 bits per heavy atom. The van der Waals surface area contributed by atoms with Gasteiger partial charge in [-0.25, -0.2) is 4.39 Å². The number of anilines is 1. The summed E-state index contributed by atoms with van der Waals surface area (Å²) in [6.07, 6.45) is 1.39. The smallest absolute Gasteiger partial charge is 0.259 e. The number of nitrogens with one attached hydrogen (secondary N) is 2. The predicted molar refractivity (Wildman–Crippen MR) is 97.4 cm³/mol. The Bertz CT molecular complexity index is 1130. The zero-order valence-corrected chi connectivity index (χ0v) is 13.8. The number of ether oxygens (including phenoxy) is 1. The zero-order chi connectivity index (χ0) is 21.2. The SMILES string of the molecule is [2H]C([2H])([2H])c1cc(F)ccc1Oc1cc(C)ccc1C(=O)Nc1cc[nH]c(=O)c1. The van der Waals surface area contributed by atoms with Gasteiger partial charge < -0.3 is 15.0 Å². The summed E-state index contributed by atoms with van der Waals surface area (Å²) in [6, 6.07) is 10.7. The van der Waals surface area contributed by atoms with E-state index in [-0.39, 0.29) is 33.9 Å². The fraction of sp³-hybridized carbons (Fsp3) is 0.100. The van der Waals surface area contributed by atoms with E-state index in [1.807, 2.05) is 0 Å². The van der Waals surface area contributed by atoms with Crippen LogP contribution in [0.5, 0.6) is 11.5 Å². The fourth-order valence-electron chi connectivity index (χ4n) is 2.33. The van der Waals surface area contributed by atoms with E-state index in [9.17, 15) is 14.0 Å². The number of aryl methyl sites for hydroxylation is 2. The molecule has 0 aliphatic rings. The van der Waals surface area contributed by atoms with Crippen LogP contribution in [0.15, 0.2) is 59.5 Å². The number of carbonyl (C=O) groups excluding carboxylic acids is 1. The Morgan fingerprint density at radius 3 is 2.77 bits per heavy atom. The van der Waals surface area contributed by atoms with Crippen molar-refractivity contribution >= 4 is 11.6 Å². The van der Waals surface area contributed by atoms with E-state index in [0.717, 1.165) is 17.7 Å². The number of rotatable bonds is 4. The first-order valence-electron chi connectivity index (χ1n) is 9.22. The van der Waals surface area contributed by atoms with Crippen LogP contribution in [0.4, 0.5) is 10.1 Å². The summed E-state index contributed by atoms with van der Waals surface area (Å²) in [4.78, 5) is 26.6. The van der Waals surface area contributed by atoms with Crippen LogP contribution < -0.4 is 15.6 Å². The van der Waals surface area contributed by atoms with E-state index in [1.54, 1.807) is 19.1 Å². The zero-order valence-electron chi connectivity index (χ0n) is 16.8. The number of aromatic nitrogens is 1. The van der Waals surface area contributed by atoms with Gasteiger partial charge in [0, 0.05) is 22.1 Å². The molecule has 1 aromatic heterocycles. The molecule has 5 nitrogen and oxygen atoms in total. The minimum atomic E-state index is -2.60. The van der Waals surface area contributed by atoms with E-state index in [1.165, 1.54) is 30.5 Å². The molecule has 3 aromatic rings. The highest BCUT2D eigenvalue weighted by Gasteiger charge is 2.15. The van der Waals surface area contributed by atoms with Crippen molar-refractivity contribution in [3.8, 4) is 11.5 Å². The van der Waals surface area contributed by atoms with Gasteiger partial charge in [0.25, 0.3) is 5.91 Å². The van der Waals surface area contributed by atoms with Gasteiger partial charge in [-0.3, -0.25) is 9.59 Å². The highest BCUT2D eigenvalue weighted by atomic mass is 19.1. The molecule has 0 saturated heterocycles. The summed E-state index contributed by atoms with van der Waals surface area (Å²) in [7, 11) is 0. The molecule has 0 bridgehead atoms. The van der Waals surface area contributed by atoms with Gasteiger partial charge in [0.05, 0.1) is 5.56 Å². The van der Waals surface area contributed by atoms with Crippen LogP contribution in [0.1, 0.15) is 25.6 Å². The standard InChI is InChI=1S/C20H17FN2O3/c1-12-3-5-16(20(25)23-15-7-8-22-19(24)11-15)18(9-12)26-17-6-4-14(21)10-13(17)2/h3-11H,1-2H3,(H2,22,23,24,25)/i2D3. The highest BCUT2D eigenvalue weighted by molar-refractivity contribution is 6.06. The topological polar surface area (TPSA) is 71.2 Å². The minimum absolute atomic E-state index is 0.0813. The van der Waals surface area contributed by atoms with E-state index < -0.39 is 18.6 Å². The summed E-state index contributed by atoms with van der Waals surface area (Å²) in [5.74, 6) is -1.24. The van der Waals surface area contributed by atoms with Gasteiger partial charge in [0.15, 0.2) is 0 Å². The van der Waals surface area contributed by atoms with Gasteiger partial charge in [0.2, 0.25) is 5.56 Å². The summed E-state index contributed by atoms with van der Waals surface area (Å²) < 4.78 is 42.1. The Kier molecular flexibility index (Phi) is 3.84. The van der Waals surface area contributed by atoms with E-state index >= 15 is 0 Å². The van der Waals surface area contributed by atoms with Crippen LogP contribution in [0, 0.1) is 19.6 Å². The van der Waals surface area contributed by atoms with Gasteiger partial charge in [-0.1, -0.05) is 6.07 Å². The number of hydrogen-bond acceptors (Lipinski definition) is 3.